The molecular formula is C16H18N6OS. The molecule has 0 spiro atoms. The number of aromatic nitrogens is 5. The molecular weight excluding hydrogens is 324 g/mol. The number of rotatable bonds is 6. The second-order valence-electron chi connectivity index (χ2n) is 5.62. The highest BCUT2D eigenvalue weighted by molar-refractivity contribution is 7.99. The number of hydrogen-bond acceptors (Lipinski definition) is 7. The zero-order chi connectivity index (χ0) is 16.2. The van der Waals surface area contributed by atoms with Crippen molar-refractivity contribution in [2.75, 3.05) is 23.7 Å². The normalized spacial score (nSPS) is 13.9. The van der Waals surface area contributed by atoms with Crippen LogP contribution in [0.2, 0.25) is 0 Å². The van der Waals surface area contributed by atoms with Crippen molar-refractivity contribution < 1.29 is 4.42 Å². The maximum Gasteiger partial charge on any atom is 0.276 e. The molecule has 0 radical (unpaired) electrons. The highest BCUT2D eigenvalue weighted by atomic mass is 32.2. The molecule has 0 N–H and O–H groups in total. The van der Waals surface area contributed by atoms with Gasteiger partial charge in [-0.2, -0.15) is 5.10 Å². The molecule has 2 aromatic heterocycles. The lowest BCUT2D eigenvalue weighted by atomic mass is 10.0. The summed E-state index contributed by atoms with van der Waals surface area (Å²) in [7, 11) is 0. The third kappa shape index (κ3) is 3.43. The van der Waals surface area contributed by atoms with Crippen molar-refractivity contribution in [1.29, 1.82) is 0 Å². The second kappa shape index (κ2) is 7.04. The van der Waals surface area contributed by atoms with Crippen LogP contribution in [0, 0.1) is 0 Å². The predicted octanol–water partition coefficient (Wildman–Crippen LogP) is 2.25. The van der Waals surface area contributed by atoms with Crippen LogP contribution in [0.1, 0.15) is 17.9 Å². The summed E-state index contributed by atoms with van der Waals surface area (Å²) in [5, 5.41) is 12.8. The SMILES string of the molecule is c1ccc2c(c1)CCCN2CCSc1nnc(Cn2cncn2)o1. The first-order valence-electron chi connectivity index (χ1n) is 7.99. The smallest absolute Gasteiger partial charge is 0.276 e. The Morgan fingerprint density at radius 1 is 1.21 bits per heavy atom. The van der Waals surface area contributed by atoms with E-state index in [-0.39, 0.29) is 0 Å². The number of benzene rings is 1. The average molecular weight is 342 g/mol. The maximum atomic E-state index is 5.65. The number of nitrogens with zero attached hydrogens (tertiary/aromatic N) is 6. The quantitative estimate of drug-likeness (QED) is 0.636. The Kier molecular flexibility index (Phi) is 4.46. The molecule has 0 unspecified atom stereocenters. The van der Waals surface area contributed by atoms with Gasteiger partial charge in [-0.1, -0.05) is 30.0 Å². The van der Waals surface area contributed by atoms with Crippen molar-refractivity contribution in [1.82, 2.24) is 25.0 Å². The number of fused-ring (bicyclic) bond motifs is 1. The summed E-state index contributed by atoms with van der Waals surface area (Å²) in [4.78, 5) is 6.34. The summed E-state index contributed by atoms with van der Waals surface area (Å²) >= 11 is 1.59. The molecule has 124 valence electrons. The summed E-state index contributed by atoms with van der Waals surface area (Å²) in [6.07, 6.45) is 5.51. The fourth-order valence-electron chi connectivity index (χ4n) is 2.90. The molecule has 1 aliphatic heterocycles. The van der Waals surface area contributed by atoms with E-state index in [1.165, 1.54) is 30.4 Å². The van der Waals surface area contributed by atoms with Crippen LogP contribution >= 0.6 is 11.8 Å². The predicted molar refractivity (Wildman–Crippen MR) is 91.1 cm³/mol. The molecule has 4 rings (SSSR count). The largest absolute Gasteiger partial charge is 0.414 e. The molecule has 1 aliphatic rings. The van der Waals surface area contributed by atoms with Gasteiger partial charge in [0.15, 0.2) is 0 Å². The standard InChI is InChI=1S/C16H18N6OS/c1-2-6-14-13(4-1)5-3-7-21(14)8-9-24-16-20-19-15(23-16)10-22-12-17-11-18-22/h1-2,4,6,11-12H,3,5,7-10H2. The fourth-order valence-corrected chi connectivity index (χ4v) is 3.64. The monoisotopic (exact) mass is 342 g/mol. The van der Waals surface area contributed by atoms with Crippen molar-refractivity contribution in [3.05, 3.63) is 48.4 Å². The van der Waals surface area contributed by atoms with Gasteiger partial charge in [0.25, 0.3) is 5.22 Å². The van der Waals surface area contributed by atoms with Crippen molar-refractivity contribution >= 4 is 17.4 Å². The molecule has 3 heterocycles. The Morgan fingerprint density at radius 3 is 3.08 bits per heavy atom. The number of hydrogen-bond donors (Lipinski definition) is 0. The van der Waals surface area contributed by atoms with Gasteiger partial charge in [-0.05, 0) is 24.5 Å². The minimum Gasteiger partial charge on any atom is -0.414 e. The van der Waals surface area contributed by atoms with Gasteiger partial charge in [-0.3, -0.25) is 0 Å². The molecule has 24 heavy (non-hydrogen) atoms. The lowest BCUT2D eigenvalue weighted by molar-refractivity contribution is 0.397. The van der Waals surface area contributed by atoms with Gasteiger partial charge >= 0.3 is 0 Å². The van der Waals surface area contributed by atoms with E-state index in [9.17, 15) is 0 Å². The summed E-state index contributed by atoms with van der Waals surface area (Å²) in [5.74, 6) is 1.46. The van der Waals surface area contributed by atoms with E-state index in [1.807, 2.05) is 0 Å². The summed E-state index contributed by atoms with van der Waals surface area (Å²) in [6.45, 7) is 2.54. The molecule has 1 aromatic carbocycles. The molecule has 7 nitrogen and oxygen atoms in total. The first kappa shape index (κ1) is 15.2. The van der Waals surface area contributed by atoms with E-state index in [0.717, 1.165) is 18.8 Å². The lowest BCUT2D eigenvalue weighted by Gasteiger charge is -2.31. The summed E-state index contributed by atoms with van der Waals surface area (Å²) in [6, 6.07) is 8.66. The van der Waals surface area contributed by atoms with Crippen LogP contribution in [0.25, 0.3) is 0 Å². The van der Waals surface area contributed by atoms with E-state index in [2.05, 4.69) is 49.4 Å². The van der Waals surface area contributed by atoms with Crippen molar-refractivity contribution in [3.63, 3.8) is 0 Å². The highest BCUT2D eigenvalue weighted by Crippen LogP contribution is 2.27. The van der Waals surface area contributed by atoms with Gasteiger partial charge in [0.1, 0.15) is 19.2 Å². The first-order valence-corrected chi connectivity index (χ1v) is 8.97. The van der Waals surface area contributed by atoms with E-state index < -0.39 is 0 Å². The Hall–Kier alpha value is -2.35. The van der Waals surface area contributed by atoms with Crippen molar-refractivity contribution in [2.24, 2.45) is 0 Å². The molecule has 0 amide bonds. The molecule has 0 atom stereocenters. The van der Waals surface area contributed by atoms with Gasteiger partial charge in [0, 0.05) is 24.5 Å². The molecule has 0 saturated heterocycles. The Morgan fingerprint density at radius 2 is 2.17 bits per heavy atom. The summed E-state index contributed by atoms with van der Waals surface area (Å²) in [5.41, 5.74) is 2.81. The van der Waals surface area contributed by atoms with E-state index in [0.29, 0.717) is 17.7 Å². The third-order valence-electron chi connectivity index (χ3n) is 4.01. The molecule has 3 aromatic rings. The van der Waals surface area contributed by atoms with Gasteiger partial charge < -0.3 is 9.32 Å². The molecule has 0 saturated carbocycles. The van der Waals surface area contributed by atoms with E-state index >= 15 is 0 Å². The molecule has 8 heteroatoms. The second-order valence-corrected chi connectivity index (χ2v) is 6.67. The third-order valence-corrected chi connectivity index (χ3v) is 4.80. The van der Waals surface area contributed by atoms with Crippen LogP contribution in [0.15, 0.2) is 46.6 Å². The number of aryl methyl sites for hydroxylation is 1. The van der Waals surface area contributed by atoms with E-state index in [1.54, 1.807) is 22.8 Å². The van der Waals surface area contributed by atoms with Gasteiger partial charge in [0.2, 0.25) is 5.89 Å². The zero-order valence-corrected chi connectivity index (χ0v) is 14.0. The fraction of sp³-hybridized carbons (Fsp3) is 0.375. The topological polar surface area (TPSA) is 72.9 Å². The van der Waals surface area contributed by atoms with Gasteiger partial charge in [-0.25, -0.2) is 9.67 Å². The van der Waals surface area contributed by atoms with Crippen LogP contribution in [0.4, 0.5) is 5.69 Å². The van der Waals surface area contributed by atoms with Gasteiger partial charge in [-0.15, -0.1) is 10.2 Å². The van der Waals surface area contributed by atoms with Crippen LogP contribution in [0.5, 0.6) is 0 Å². The Bertz CT molecular complexity index is 787. The Labute approximate surface area is 144 Å². The first-order chi connectivity index (χ1) is 11.9. The Balaban J connectivity index is 1.31. The molecule has 0 fully saturated rings. The molecule has 0 aliphatic carbocycles. The van der Waals surface area contributed by atoms with Crippen LogP contribution < -0.4 is 4.90 Å². The average Bonchev–Trinajstić information content (AvgIpc) is 3.28. The summed E-state index contributed by atoms with van der Waals surface area (Å²) < 4.78 is 7.31. The van der Waals surface area contributed by atoms with Crippen molar-refractivity contribution in [2.45, 2.75) is 24.6 Å². The number of thioether (sulfide) groups is 1. The van der Waals surface area contributed by atoms with Crippen LogP contribution in [-0.4, -0.2) is 43.8 Å². The zero-order valence-electron chi connectivity index (χ0n) is 13.2. The number of anilines is 1. The van der Waals surface area contributed by atoms with Gasteiger partial charge in [0.05, 0.1) is 0 Å². The van der Waals surface area contributed by atoms with Crippen LogP contribution in [0.3, 0.4) is 0 Å². The highest BCUT2D eigenvalue weighted by Gasteiger charge is 2.16. The lowest BCUT2D eigenvalue weighted by Crippen LogP contribution is -2.31. The molecule has 0 bridgehead atoms. The van der Waals surface area contributed by atoms with Crippen LogP contribution in [-0.2, 0) is 13.0 Å². The van der Waals surface area contributed by atoms with Crippen molar-refractivity contribution in [3.8, 4) is 0 Å². The minimum atomic E-state index is 0.451. The van der Waals surface area contributed by atoms with E-state index in [4.69, 9.17) is 4.42 Å². The maximum absolute atomic E-state index is 5.65. The number of para-hydroxylation sites is 1. The minimum absolute atomic E-state index is 0.451.